The molecule has 0 N–H and O–H groups in total. The van der Waals surface area contributed by atoms with E-state index in [1.165, 1.54) is 0 Å². The third kappa shape index (κ3) is 3.12. The molecule has 1 heterocycles. The molecular formula is C14H20ClNO2S. The van der Waals surface area contributed by atoms with Crippen molar-refractivity contribution in [2.45, 2.75) is 32.1 Å². The predicted molar refractivity (Wildman–Crippen MR) is 77.9 cm³/mol. The van der Waals surface area contributed by atoms with Crippen LogP contribution in [0.5, 0.6) is 0 Å². The Kier molecular flexibility index (Phi) is 4.23. The zero-order valence-corrected chi connectivity index (χ0v) is 13.1. The molecule has 1 aliphatic heterocycles. The van der Waals surface area contributed by atoms with Gasteiger partial charge >= 0.3 is 0 Å². The summed E-state index contributed by atoms with van der Waals surface area (Å²) in [5.74, 6) is 0.818. The largest absolute Gasteiger partial charge is 0.243 e. The maximum Gasteiger partial charge on any atom is 0.243 e. The number of rotatable bonds is 2. The van der Waals surface area contributed by atoms with Gasteiger partial charge in [-0.2, -0.15) is 4.31 Å². The van der Waals surface area contributed by atoms with Crippen molar-refractivity contribution in [3.05, 3.63) is 28.8 Å². The van der Waals surface area contributed by atoms with Gasteiger partial charge in [-0.3, -0.25) is 0 Å². The van der Waals surface area contributed by atoms with Crippen LogP contribution in [0, 0.1) is 18.8 Å². The van der Waals surface area contributed by atoms with Crippen molar-refractivity contribution in [1.82, 2.24) is 4.31 Å². The lowest BCUT2D eigenvalue weighted by molar-refractivity contribution is 0.222. The fraction of sp³-hybridized carbons (Fsp3) is 0.571. The van der Waals surface area contributed by atoms with Crippen molar-refractivity contribution in [1.29, 1.82) is 0 Å². The van der Waals surface area contributed by atoms with E-state index < -0.39 is 10.0 Å². The second-order valence-corrected chi connectivity index (χ2v) is 8.02. The van der Waals surface area contributed by atoms with Gasteiger partial charge in [-0.15, -0.1) is 0 Å². The zero-order valence-electron chi connectivity index (χ0n) is 11.6. The van der Waals surface area contributed by atoms with E-state index in [0.29, 0.717) is 34.8 Å². The van der Waals surface area contributed by atoms with E-state index in [1.54, 1.807) is 22.5 Å². The molecule has 19 heavy (non-hydrogen) atoms. The fourth-order valence-corrected chi connectivity index (χ4v) is 4.61. The number of hydrogen-bond donors (Lipinski definition) is 0. The highest BCUT2D eigenvalue weighted by molar-refractivity contribution is 7.89. The van der Waals surface area contributed by atoms with Gasteiger partial charge in [-0.1, -0.05) is 25.4 Å². The topological polar surface area (TPSA) is 37.4 Å². The Labute approximate surface area is 120 Å². The van der Waals surface area contributed by atoms with Gasteiger partial charge in [0.1, 0.15) is 0 Å². The minimum atomic E-state index is -3.39. The van der Waals surface area contributed by atoms with Crippen LogP contribution in [0.15, 0.2) is 23.1 Å². The number of nitrogens with zero attached hydrogens (tertiary/aromatic N) is 1. The number of aryl methyl sites for hydroxylation is 1. The number of sulfonamides is 1. The minimum absolute atomic E-state index is 0.343. The van der Waals surface area contributed by atoms with E-state index in [-0.39, 0.29) is 0 Å². The van der Waals surface area contributed by atoms with Crippen molar-refractivity contribution in [2.24, 2.45) is 11.8 Å². The molecular weight excluding hydrogens is 282 g/mol. The molecule has 0 radical (unpaired) electrons. The van der Waals surface area contributed by atoms with Gasteiger partial charge in [0.2, 0.25) is 10.0 Å². The van der Waals surface area contributed by atoms with Crippen LogP contribution in [-0.2, 0) is 10.0 Å². The van der Waals surface area contributed by atoms with Gasteiger partial charge < -0.3 is 0 Å². The summed E-state index contributed by atoms with van der Waals surface area (Å²) in [6, 6.07) is 4.90. The van der Waals surface area contributed by atoms with Crippen molar-refractivity contribution < 1.29 is 8.42 Å². The SMILES string of the molecule is Cc1cc(S(=O)(=O)N2CC(C)CC(C)C2)ccc1Cl. The first-order valence-electron chi connectivity index (χ1n) is 6.57. The standard InChI is InChI=1S/C14H20ClNO2S/c1-10-6-11(2)9-16(8-10)19(17,18)13-4-5-14(15)12(3)7-13/h4-5,7,10-11H,6,8-9H2,1-3H3. The van der Waals surface area contributed by atoms with E-state index in [2.05, 4.69) is 13.8 Å². The Balaban J connectivity index is 2.33. The highest BCUT2D eigenvalue weighted by atomic mass is 35.5. The highest BCUT2D eigenvalue weighted by Crippen LogP contribution is 2.28. The van der Waals surface area contributed by atoms with Crippen molar-refractivity contribution in [3.63, 3.8) is 0 Å². The quantitative estimate of drug-likeness (QED) is 0.840. The maximum atomic E-state index is 12.6. The number of piperidine rings is 1. The second kappa shape index (κ2) is 5.43. The normalized spacial score (nSPS) is 25.5. The van der Waals surface area contributed by atoms with E-state index in [9.17, 15) is 8.42 Å². The molecule has 0 amide bonds. The number of hydrogen-bond acceptors (Lipinski definition) is 2. The molecule has 1 fully saturated rings. The lowest BCUT2D eigenvalue weighted by atomic mass is 9.94. The molecule has 0 saturated carbocycles. The van der Waals surface area contributed by atoms with Crippen LogP contribution in [0.25, 0.3) is 0 Å². The Hall–Kier alpha value is -0.580. The molecule has 2 rings (SSSR count). The Morgan fingerprint density at radius 2 is 1.79 bits per heavy atom. The van der Waals surface area contributed by atoms with Gasteiger partial charge in [0.05, 0.1) is 4.90 Å². The lowest BCUT2D eigenvalue weighted by Crippen LogP contribution is -2.42. The Morgan fingerprint density at radius 1 is 1.21 bits per heavy atom. The fourth-order valence-electron chi connectivity index (χ4n) is 2.73. The van der Waals surface area contributed by atoms with Crippen LogP contribution in [0.1, 0.15) is 25.8 Å². The molecule has 0 bridgehead atoms. The lowest BCUT2D eigenvalue weighted by Gasteiger charge is -2.34. The molecule has 3 nitrogen and oxygen atoms in total. The van der Waals surface area contributed by atoms with Crippen LogP contribution in [-0.4, -0.2) is 25.8 Å². The smallest absolute Gasteiger partial charge is 0.207 e. The predicted octanol–water partition coefficient (Wildman–Crippen LogP) is 3.32. The van der Waals surface area contributed by atoms with Gasteiger partial charge in [-0.25, -0.2) is 8.42 Å². The van der Waals surface area contributed by atoms with E-state index in [0.717, 1.165) is 12.0 Å². The molecule has 1 aliphatic rings. The summed E-state index contributed by atoms with van der Waals surface area (Å²) in [5, 5.41) is 0.597. The summed E-state index contributed by atoms with van der Waals surface area (Å²) in [6.07, 6.45) is 1.09. The summed E-state index contributed by atoms with van der Waals surface area (Å²) in [5.41, 5.74) is 0.792. The molecule has 1 aromatic rings. The highest BCUT2D eigenvalue weighted by Gasteiger charge is 2.31. The molecule has 0 aromatic heterocycles. The summed E-state index contributed by atoms with van der Waals surface area (Å²) >= 11 is 5.95. The van der Waals surface area contributed by atoms with Gasteiger partial charge in [0.15, 0.2) is 0 Å². The first kappa shape index (κ1) is 14.8. The first-order valence-corrected chi connectivity index (χ1v) is 8.39. The summed E-state index contributed by atoms with van der Waals surface area (Å²) in [7, 11) is -3.39. The molecule has 5 heteroatoms. The molecule has 2 unspecified atom stereocenters. The van der Waals surface area contributed by atoms with Crippen LogP contribution in [0.4, 0.5) is 0 Å². The van der Waals surface area contributed by atoms with Crippen molar-refractivity contribution >= 4 is 21.6 Å². The number of benzene rings is 1. The van der Waals surface area contributed by atoms with E-state index >= 15 is 0 Å². The van der Waals surface area contributed by atoms with Crippen molar-refractivity contribution in [3.8, 4) is 0 Å². The first-order chi connectivity index (χ1) is 8.80. The average Bonchev–Trinajstić information content (AvgIpc) is 2.31. The molecule has 106 valence electrons. The summed E-state index contributed by atoms with van der Waals surface area (Å²) in [4.78, 5) is 0.343. The third-order valence-electron chi connectivity index (χ3n) is 3.60. The Morgan fingerprint density at radius 3 is 2.32 bits per heavy atom. The van der Waals surface area contributed by atoms with Gasteiger partial charge in [0.25, 0.3) is 0 Å². The van der Waals surface area contributed by atoms with Crippen LogP contribution in [0.3, 0.4) is 0 Å². The Bertz CT molecular complexity index is 561. The summed E-state index contributed by atoms with van der Waals surface area (Å²) in [6.45, 7) is 7.24. The van der Waals surface area contributed by atoms with Crippen LogP contribution >= 0.6 is 11.6 Å². The molecule has 0 spiro atoms. The second-order valence-electron chi connectivity index (χ2n) is 5.68. The number of halogens is 1. The molecule has 0 aliphatic carbocycles. The van der Waals surface area contributed by atoms with Gasteiger partial charge in [-0.05, 0) is 48.9 Å². The van der Waals surface area contributed by atoms with Crippen molar-refractivity contribution in [2.75, 3.05) is 13.1 Å². The maximum absolute atomic E-state index is 12.6. The monoisotopic (exact) mass is 301 g/mol. The van der Waals surface area contributed by atoms with E-state index in [1.807, 2.05) is 6.92 Å². The molecule has 1 aromatic carbocycles. The van der Waals surface area contributed by atoms with Gasteiger partial charge in [0, 0.05) is 18.1 Å². The molecule has 1 saturated heterocycles. The average molecular weight is 302 g/mol. The van der Waals surface area contributed by atoms with Crippen LogP contribution in [0.2, 0.25) is 5.02 Å². The third-order valence-corrected chi connectivity index (χ3v) is 5.85. The van der Waals surface area contributed by atoms with Crippen LogP contribution < -0.4 is 0 Å². The zero-order chi connectivity index (χ0) is 14.2. The molecule has 2 atom stereocenters. The minimum Gasteiger partial charge on any atom is -0.207 e. The summed E-state index contributed by atoms with van der Waals surface area (Å²) < 4.78 is 26.9. The van der Waals surface area contributed by atoms with E-state index in [4.69, 9.17) is 11.6 Å².